The summed E-state index contributed by atoms with van der Waals surface area (Å²) in [5.74, 6) is 0.357. The maximum absolute atomic E-state index is 6.32. The molecule has 0 saturated carbocycles. The third-order valence-electron chi connectivity index (χ3n) is 3.64. The van der Waals surface area contributed by atoms with Gasteiger partial charge >= 0.3 is 0 Å². The minimum atomic E-state index is -0.449. The third kappa shape index (κ3) is 2.14. The molecule has 1 aliphatic heterocycles. The van der Waals surface area contributed by atoms with Crippen molar-refractivity contribution in [3.8, 4) is 0 Å². The minimum Gasteiger partial charge on any atom is -0.368 e. The first-order chi connectivity index (χ1) is 9.12. The van der Waals surface area contributed by atoms with Crippen molar-refractivity contribution in [2.24, 2.45) is 5.92 Å². The number of hydrogen-bond donors (Lipinski definition) is 0. The van der Waals surface area contributed by atoms with Crippen LogP contribution in [0.2, 0.25) is 10.0 Å². The molecular formula is C13H13Cl2N3O. The maximum atomic E-state index is 6.32. The Hall–Kier alpha value is -1.10. The molecule has 3 rings (SSSR count). The molecule has 19 heavy (non-hydrogen) atoms. The van der Waals surface area contributed by atoms with E-state index < -0.39 is 5.60 Å². The van der Waals surface area contributed by atoms with Crippen molar-refractivity contribution in [2.75, 3.05) is 6.61 Å². The predicted octanol–water partition coefficient (Wildman–Crippen LogP) is 3.15. The lowest BCUT2D eigenvalue weighted by atomic mass is 9.78. The molecular weight excluding hydrogens is 285 g/mol. The molecule has 0 spiro atoms. The highest BCUT2D eigenvalue weighted by atomic mass is 35.5. The van der Waals surface area contributed by atoms with E-state index in [2.05, 4.69) is 17.0 Å². The molecule has 0 bridgehead atoms. The highest BCUT2D eigenvalue weighted by Gasteiger charge is 2.48. The number of benzene rings is 1. The van der Waals surface area contributed by atoms with Crippen LogP contribution in [-0.2, 0) is 16.9 Å². The number of ether oxygens (including phenoxy) is 1. The van der Waals surface area contributed by atoms with E-state index in [1.54, 1.807) is 17.1 Å². The number of halogens is 2. The lowest BCUT2D eigenvalue weighted by molar-refractivity contribution is -0.215. The van der Waals surface area contributed by atoms with Gasteiger partial charge in [0.15, 0.2) is 0 Å². The summed E-state index contributed by atoms with van der Waals surface area (Å²) in [7, 11) is 0. The van der Waals surface area contributed by atoms with E-state index >= 15 is 0 Å². The summed E-state index contributed by atoms with van der Waals surface area (Å²) in [5.41, 5.74) is 0.503. The molecule has 6 heteroatoms. The van der Waals surface area contributed by atoms with Gasteiger partial charge in [-0.15, -0.1) is 0 Å². The Bertz CT molecular complexity index is 588. The largest absolute Gasteiger partial charge is 0.368 e. The van der Waals surface area contributed by atoms with Crippen molar-refractivity contribution >= 4 is 23.2 Å². The second-order valence-electron chi connectivity index (χ2n) is 4.82. The van der Waals surface area contributed by atoms with Gasteiger partial charge in [0.1, 0.15) is 18.3 Å². The molecule has 2 heterocycles. The standard InChI is InChI=1S/C13H13Cl2N3O/c1-9-5-19-13(9,6-18-8-16-7-17-18)11-3-2-10(14)4-12(11)15/h2-4,7-9H,5-6H2,1H3. The first kappa shape index (κ1) is 12.9. The van der Waals surface area contributed by atoms with Crippen LogP contribution in [0.15, 0.2) is 30.9 Å². The van der Waals surface area contributed by atoms with Crippen LogP contribution in [-0.4, -0.2) is 21.4 Å². The molecule has 2 atom stereocenters. The zero-order chi connectivity index (χ0) is 13.5. The molecule has 2 aromatic rings. The van der Waals surface area contributed by atoms with Crippen LogP contribution in [0.4, 0.5) is 0 Å². The van der Waals surface area contributed by atoms with Gasteiger partial charge in [0.25, 0.3) is 0 Å². The Kier molecular flexibility index (Phi) is 3.25. The molecule has 1 aromatic heterocycles. The van der Waals surface area contributed by atoms with Gasteiger partial charge in [0.2, 0.25) is 0 Å². The first-order valence-corrected chi connectivity index (χ1v) is 6.79. The normalized spacial score (nSPS) is 26.2. The van der Waals surface area contributed by atoms with Crippen LogP contribution in [0.25, 0.3) is 0 Å². The SMILES string of the molecule is CC1COC1(Cn1cncn1)c1ccc(Cl)cc1Cl. The van der Waals surface area contributed by atoms with Crippen LogP contribution in [0.5, 0.6) is 0 Å². The number of aromatic nitrogens is 3. The fourth-order valence-corrected chi connectivity index (χ4v) is 3.04. The summed E-state index contributed by atoms with van der Waals surface area (Å²) >= 11 is 12.3. The van der Waals surface area contributed by atoms with E-state index in [-0.39, 0.29) is 0 Å². The Morgan fingerprint density at radius 2 is 2.32 bits per heavy atom. The Morgan fingerprint density at radius 3 is 2.84 bits per heavy atom. The fraction of sp³-hybridized carbons (Fsp3) is 0.385. The van der Waals surface area contributed by atoms with Gasteiger partial charge in [-0.1, -0.05) is 36.2 Å². The average Bonchev–Trinajstić information content (AvgIpc) is 2.87. The van der Waals surface area contributed by atoms with Gasteiger partial charge in [-0.25, -0.2) is 9.67 Å². The zero-order valence-electron chi connectivity index (χ0n) is 10.4. The smallest absolute Gasteiger partial charge is 0.137 e. The Morgan fingerprint density at radius 1 is 1.47 bits per heavy atom. The Labute approximate surface area is 121 Å². The Balaban J connectivity index is 2.01. The molecule has 4 nitrogen and oxygen atoms in total. The second-order valence-corrected chi connectivity index (χ2v) is 5.66. The van der Waals surface area contributed by atoms with Gasteiger partial charge in [0.05, 0.1) is 13.2 Å². The summed E-state index contributed by atoms with van der Waals surface area (Å²) in [6, 6.07) is 5.51. The van der Waals surface area contributed by atoms with Crippen molar-refractivity contribution in [2.45, 2.75) is 19.1 Å². The van der Waals surface area contributed by atoms with Crippen molar-refractivity contribution < 1.29 is 4.74 Å². The van der Waals surface area contributed by atoms with Gasteiger partial charge in [-0.2, -0.15) is 5.10 Å². The van der Waals surface area contributed by atoms with Gasteiger partial charge in [-0.05, 0) is 12.1 Å². The van der Waals surface area contributed by atoms with E-state index in [1.165, 1.54) is 6.33 Å². The predicted molar refractivity (Wildman–Crippen MR) is 73.3 cm³/mol. The van der Waals surface area contributed by atoms with Crippen LogP contribution >= 0.6 is 23.2 Å². The highest BCUT2D eigenvalue weighted by Crippen LogP contribution is 2.46. The first-order valence-electron chi connectivity index (χ1n) is 6.04. The van der Waals surface area contributed by atoms with Crippen molar-refractivity contribution in [3.05, 3.63) is 46.5 Å². The molecule has 1 saturated heterocycles. The topological polar surface area (TPSA) is 39.9 Å². The fourth-order valence-electron chi connectivity index (χ4n) is 2.47. The molecule has 1 aromatic carbocycles. The van der Waals surface area contributed by atoms with Crippen molar-refractivity contribution in [1.82, 2.24) is 14.8 Å². The molecule has 1 aliphatic rings. The molecule has 0 radical (unpaired) electrons. The number of hydrogen-bond acceptors (Lipinski definition) is 3. The molecule has 100 valence electrons. The molecule has 2 unspecified atom stereocenters. The van der Waals surface area contributed by atoms with Gasteiger partial charge in [0, 0.05) is 21.5 Å². The van der Waals surface area contributed by atoms with Crippen molar-refractivity contribution in [1.29, 1.82) is 0 Å². The van der Waals surface area contributed by atoms with E-state index in [1.807, 2.05) is 12.1 Å². The number of nitrogens with zero attached hydrogens (tertiary/aromatic N) is 3. The van der Waals surface area contributed by atoms with Crippen LogP contribution in [0, 0.1) is 5.92 Å². The summed E-state index contributed by atoms with van der Waals surface area (Å²) < 4.78 is 7.66. The van der Waals surface area contributed by atoms with Crippen molar-refractivity contribution in [3.63, 3.8) is 0 Å². The van der Waals surface area contributed by atoms with Crippen LogP contribution in [0.1, 0.15) is 12.5 Å². The lowest BCUT2D eigenvalue weighted by Crippen LogP contribution is -2.52. The summed E-state index contributed by atoms with van der Waals surface area (Å²) in [6.45, 7) is 3.45. The lowest BCUT2D eigenvalue weighted by Gasteiger charge is -2.48. The molecule has 1 fully saturated rings. The zero-order valence-corrected chi connectivity index (χ0v) is 11.9. The maximum Gasteiger partial charge on any atom is 0.137 e. The summed E-state index contributed by atoms with van der Waals surface area (Å²) in [6.07, 6.45) is 3.19. The van der Waals surface area contributed by atoms with E-state index in [9.17, 15) is 0 Å². The van der Waals surface area contributed by atoms with Crippen LogP contribution < -0.4 is 0 Å². The van der Waals surface area contributed by atoms with E-state index in [4.69, 9.17) is 27.9 Å². The number of rotatable bonds is 3. The van der Waals surface area contributed by atoms with Gasteiger partial charge < -0.3 is 4.74 Å². The minimum absolute atomic E-state index is 0.357. The molecule has 0 N–H and O–H groups in total. The summed E-state index contributed by atoms with van der Waals surface area (Å²) in [5, 5.41) is 5.39. The highest BCUT2D eigenvalue weighted by molar-refractivity contribution is 6.35. The third-order valence-corrected chi connectivity index (χ3v) is 4.19. The quantitative estimate of drug-likeness (QED) is 0.874. The molecule has 0 amide bonds. The summed E-state index contributed by atoms with van der Waals surface area (Å²) in [4.78, 5) is 3.96. The van der Waals surface area contributed by atoms with E-state index in [0.29, 0.717) is 29.1 Å². The molecule has 0 aliphatic carbocycles. The monoisotopic (exact) mass is 297 g/mol. The second kappa shape index (κ2) is 4.78. The van der Waals surface area contributed by atoms with Gasteiger partial charge in [-0.3, -0.25) is 0 Å². The van der Waals surface area contributed by atoms with Crippen LogP contribution in [0.3, 0.4) is 0 Å². The van der Waals surface area contributed by atoms with E-state index in [0.717, 1.165) is 5.56 Å². The average molecular weight is 298 g/mol.